The molecule has 1 aromatic carbocycles. The molecule has 0 aliphatic carbocycles. The molecular formula is C20H24ClN5O3. The topological polar surface area (TPSA) is 79.7 Å². The number of piperidine rings is 1. The summed E-state index contributed by atoms with van der Waals surface area (Å²) in [5.74, 6) is 0.581. The minimum Gasteiger partial charge on any atom is -0.495 e. The second kappa shape index (κ2) is 7.68. The molecule has 2 aromatic rings. The van der Waals surface area contributed by atoms with Crippen molar-refractivity contribution >= 4 is 28.9 Å². The Morgan fingerprint density at radius 2 is 2.07 bits per heavy atom. The number of nitrogens with zero attached hydrogens (tertiary/aromatic N) is 4. The standard InChI is InChI=1S/C20H24ClN5O3/c1-12-4-5-17(29-3)15(6-12)23-18(27)11-26-13-7-14(26)10-25(9-13)16-8-22-24(2)20(28)19(16)21/h4-6,8,13-14H,7,9-11H2,1-3H3,(H,23,27). The van der Waals surface area contributed by atoms with Crippen molar-refractivity contribution in [2.45, 2.75) is 25.4 Å². The van der Waals surface area contributed by atoms with Crippen LogP contribution in [0.3, 0.4) is 0 Å². The maximum absolute atomic E-state index is 12.6. The Labute approximate surface area is 174 Å². The number of carbonyl (C=O) groups is 1. The summed E-state index contributed by atoms with van der Waals surface area (Å²) in [6, 6.07) is 6.20. The molecule has 29 heavy (non-hydrogen) atoms. The quantitative estimate of drug-likeness (QED) is 0.796. The Bertz CT molecular complexity index is 996. The van der Waals surface area contributed by atoms with Crippen LogP contribution in [0.1, 0.15) is 12.0 Å². The molecule has 5 rings (SSSR count). The van der Waals surface area contributed by atoms with Gasteiger partial charge >= 0.3 is 0 Å². The molecule has 3 aliphatic heterocycles. The Balaban J connectivity index is 1.40. The number of nitrogens with one attached hydrogen (secondary N) is 1. The Morgan fingerprint density at radius 3 is 2.76 bits per heavy atom. The molecule has 3 fully saturated rings. The molecule has 0 saturated carbocycles. The van der Waals surface area contributed by atoms with Crippen LogP contribution < -0.4 is 20.5 Å². The monoisotopic (exact) mass is 417 g/mol. The lowest BCUT2D eigenvalue weighted by molar-refractivity contribution is -0.121. The molecule has 3 saturated heterocycles. The van der Waals surface area contributed by atoms with Gasteiger partial charge in [0.1, 0.15) is 10.8 Å². The lowest BCUT2D eigenvalue weighted by atomic mass is 9.87. The van der Waals surface area contributed by atoms with E-state index in [-0.39, 0.29) is 28.6 Å². The maximum atomic E-state index is 12.6. The summed E-state index contributed by atoms with van der Waals surface area (Å²) in [5.41, 5.74) is 2.10. The highest BCUT2D eigenvalue weighted by molar-refractivity contribution is 6.33. The Morgan fingerprint density at radius 1 is 1.34 bits per heavy atom. The van der Waals surface area contributed by atoms with E-state index >= 15 is 0 Å². The third-order valence-corrected chi connectivity index (χ3v) is 6.06. The predicted molar refractivity (Wildman–Crippen MR) is 112 cm³/mol. The number of hydrogen-bond acceptors (Lipinski definition) is 6. The third kappa shape index (κ3) is 3.70. The largest absolute Gasteiger partial charge is 0.495 e. The van der Waals surface area contributed by atoms with Crippen LogP contribution in [0.25, 0.3) is 0 Å². The summed E-state index contributed by atoms with van der Waals surface area (Å²) in [6.45, 7) is 3.72. The fourth-order valence-corrected chi connectivity index (χ4v) is 4.43. The summed E-state index contributed by atoms with van der Waals surface area (Å²) in [4.78, 5) is 29.0. The third-order valence-electron chi connectivity index (χ3n) is 5.70. The smallest absolute Gasteiger partial charge is 0.287 e. The number of amides is 1. The van der Waals surface area contributed by atoms with Crippen molar-refractivity contribution in [1.29, 1.82) is 0 Å². The Kier molecular flexibility index (Phi) is 5.23. The van der Waals surface area contributed by atoms with Crippen molar-refractivity contribution in [1.82, 2.24) is 14.7 Å². The zero-order valence-corrected chi connectivity index (χ0v) is 17.4. The number of halogens is 1. The van der Waals surface area contributed by atoms with Crippen LogP contribution in [0.4, 0.5) is 11.4 Å². The molecule has 0 radical (unpaired) electrons. The van der Waals surface area contributed by atoms with Gasteiger partial charge in [-0.05, 0) is 31.0 Å². The second-order valence-electron chi connectivity index (χ2n) is 7.65. The average Bonchev–Trinajstić information content (AvgIpc) is 2.70. The minimum absolute atomic E-state index is 0.0645. The van der Waals surface area contributed by atoms with Crippen molar-refractivity contribution in [3.05, 3.63) is 45.3 Å². The van der Waals surface area contributed by atoms with Crippen LogP contribution in [0.15, 0.2) is 29.2 Å². The van der Waals surface area contributed by atoms with E-state index < -0.39 is 0 Å². The molecule has 3 aliphatic rings. The van der Waals surface area contributed by atoms with Gasteiger partial charge in [0.2, 0.25) is 5.91 Å². The highest BCUT2D eigenvalue weighted by atomic mass is 35.5. The molecule has 1 amide bonds. The van der Waals surface area contributed by atoms with E-state index in [2.05, 4.69) is 20.2 Å². The van der Waals surface area contributed by atoms with Crippen molar-refractivity contribution in [3.8, 4) is 5.75 Å². The van der Waals surface area contributed by atoms with Gasteiger partial charge in [-0.1, -0.05) is 17.7 Å². The molecule has 0 spiro atoms. The summed E-state index contributed by atoms with van der Waals surface area (Å²) in [6.07, 6.45) is 2.67. The van der Waals surface area contributed by atoms with Crippen LogP contribution in [0, 0.1) is 6.92 Å². The van der Waals surface area contributed by atoms with E-state index in [1.54, 1.807) is 20.4 Å². The number of fused-ring (bicyclic) bond motifs is 2. The number of aromatic nitrogens is 2. The molecule has 154 valence electrons. The molecule has 1 aromatic heterocycles. The molecule has 4 heterocycles. The predicted octanol–water partition coefficient (Wildman–Crippen LogP) is 1.65. The van der Waals surface area contributed by atoms with Crippen LogP contribution >= 0.6 is 11.6 Å². The van der Waals surface area contributed by atoms with Gasteiger partial charge in [0.05, 0.1) is 31.2 Å². The number of benzene rings is 1. The molecule has 2 bridgehead atoms. The maximum Gasteiger partial charge on any atom is 0.287 e. The van der Waals surface area contributed by atoms with E-state index in [4.69, 9.17) is 16.3 Å². The molecule has 2 atom stereocenters. The SMILES string of the molecule is COc1ccc(C)cc1NC(=O)CN1C2CC1CN(c1cnn(C)c(=O)c1Cl)C2. The molecule has 2 unspecified atom stereocenters. The van der Waals surface area contributed by atoms with Crippen LogP contribution in [-0.4, -0.2) is 59.4 Å². The van der Waals surface area contributed by atoms with E-state index in [1.807, 2.05) is 25.1 Å². The van der Waals surface area contributed by atoms with Crippen molar-refractivity contribution in [2.75, 3.05) is 37.0 Å². The molecule has 1 N–H and O–H groups in total. The second-order valence-corrected chi connectivity index (χ2v) is 8.02. The van der Waals surface area contributed by atoms with Gasteiger partial charge in [0.15, 0.2) is 0 Å². The molecule has 9 heteroatoms. The fraction of sp³-hybridized carbons (Fsp3) is 0.450. The van der Waals surface area contributed by atoms with Crippen LogP contribution in [0.2, 0.25) is 5.02 Å². The number of carbonyl (C=O) groups excluding carboxylic acids is 1. The fourth-order valence-electron chi connectivity index (χ4n) is 4.14. The first-order valence-corrected chi connectivity index (χ1v) is 9.92. The first-order chi connectivity index (χ1) is 13.9. The molecule has 8 nitrogen and oxygen atoms in total. The van der Waals surface area contributed by atoms with Crippen molar-refractivity contribution in [3.63, 3.8) is 0 Å². The normalized spacial score (nSPS) is 20.9. The lowest BCUT2D eigenvalue weighted by Crippen LogP contribution is -2.69. The van der Waals surface area contributed by atoms with E-state index in [9.17, 15) is 9.59 Å². The van der Waals surface area contributed by atoms with E-state index in [0.717, 1.165) is 12.0 Å². The summed E-state index contributed by atoms with van der Waals surface area (Å²) >= 11 is 6.24. The zero-order valence-electron chi connectivity index (χ0n) is 16.7. The van der Waals surface area contributed by atoms with Gasteiger partial charge in [-0.2, -0.15) is 5.10 Å². The van der Waals surface area contributed by atoms with Gasteiger partial charge in [-0.25, -0.2) is 4.68 Å². The van der Waals surface area contributed by atoms with Gasteiger partial charge in [-0.15, -0.1) is 0 Å². The van der Waals surface area contributed by atoms with Gasteiger partial charge in [0, 0.05) is 32.2 Å². The van der Waals surface area contributed by atoms with Gasteiger partial charge in [0.25, 0.3) is 5.56 Å². The lowest BCUT2D eigenvalue weighted by Gasteiger charge is -2.56. The summed E-state index contributed by atoms with van der Waals surface area (Å²) < 4.78 is 6.56. The number of aryl methyl sites for hydroxylation is 2. The van der Waals surface area contributed by atoms with Crippen molar-refractivity contribution in [2.24, 2.45) is 7.05 Å². The molecular weight excluding hydrogens is 394 g/mol. The first kappa shape index (κ1) is 19.7. The average molecular weight is 418 g/mol. The number of rotatable bonds is 5. The summed E-state index contributed by atoms with van der Waals surface area (Å²) in [7, 11) is 3.17. The Hall–Kier alpha value is -2.58. The summed E-state index contributed by atoms with van der Waals surface area (Å²) in [5, 5.41) is 7.24. The number of ether oxygens (including phenoxy) is 1. The number of anilines is 2. The highest BCUT2D eigenvalue weighted by Crippen LogP contribution is 2.36. The van der Waals surface area contributed by atoms with Crippen LogP contribution in [0.5, 0.6) is 5.75 Å². The van der Waals surface area contributed by atoms with Gasteiger partial charge in [-0.3, -0.25) is 14.5 Å². The van der Waals surface area contributed by atoms with Gasteiger partial charge < -0.3 is 15.0 Å². The first-order valence-electron chi connectivity index (χ1n) is 9.54. The van der Waals surface area contributed by atoms with E-state index in [0.29, 0.717) is 36.8 Å². The minimum atomic E-state index is -0.299. The number of methoxy groups -OCH3 is 1. The van der Waals surface area contributed by atoms with Crippen LogP contribution in [-0.2, 0) is 11.8 Å². The number of hydrogen-bond donors (Lipinski definition) is 1. The highest BCUT2D eigenvalue weighted by Gasteiger charge is 2.45. The van der Waals surface area contributed by atoms with Crippen molar-refractivity contribution < 1.29 is 9.53 Å². The number of piperazine rings is 1. The zero-order chi connectivity index (χ0) is 20.7. The van der Waals surface area contributed by atoms with E-state index in [1.165, 1.54) is 4.68 Å².